The SMILES string of the molecule is Cc1ccc(-n2c(C)cc(/C=N\NC(=O)CN(c3ccc(Cl)c(C(F)(F)F)c3)S(=O)(=O)c3ccccc3)c2C)c(C)c1. The van der Waals surface area contributed by atoms with Crippen LogP contribution < -0.4 is 9.73 Å². The van der Waals surface area contributed by atoms with Crippen LogP contribution in [0.3, 0.4) is 0 Å². The summed E-state index contributed by atoms with van der Waals surface area (Å²) in [6.45, 7) is 7.04. The molecule has 0 saturated heterocycles. The van der Waals surface area contributed by atoms with Crippen molar-refractivity contribution in [3.05, 3.63) is 111 Å². The van der Waals surface area contributed by atoms with Crippen LogP contribution in [0.2, 0.25) is 5.02 Å². The fourth-order valence-corrected chi connectivity index (χ4v) is 6.26. The van der Waals surface area contributed by atoms with Gasteiger partial charge in [0.1, 0.15) is 6.54 Å². The normalized spacial score (nSPS) is 12.1. The maximum atomic E-state index is 13.6. The molecule has 4 rings (SSSR count). The van der Waals surface area contributed by atoms with Gasteiger partial charge >= 0.3 is 6.18 Å². The fraction of sp³-hybridized carbons (Fsp3) is 0.200. The number of hydrazone groups is 1. The molecule has 4 aromatic rings. The van der Waals surface area contributed by atoms with Crippen molar-refractivity contribution in [1.29, 1.82) is 0 Å². The van der Waals surface area contributed by atoms with E-state index >= 15 is 0 Å². The Bertz CT molecular complexity index is 1770. The van der Waals surface area contributed by atoms with E-state index in [1.807, 2.05) is 45.9 Å². The summed E-state index contributed by atoms with van der Waals surface area (Å²) in [5.74, 6) is -0.863. The summed E-state index contributed by atoms with van der Waals surface area (Å²) in [5, 5.41) is 3.40. The molecule has 12 heteroatoms. The number of aromatic nitrogens is 1. The smallest absolute Gasteiger partial charge is 0.318 e. The number of nitrogens with one attached hydrogen (secondary N) is 1. The van der Waals surface area contributed by atoms with Crippen molar-refractivity contribution in [1.82, 2.24) is 9.99 Å². The van der Waals surface area contributed by atoms with Gasteiger partial charge in [-0.15, -0.1) is 0 Å². The van der Waals surface area contributed by atoms with E-state index in [1.165, 1.54) is 30.5 Å². The molecule has 1 aromatic heterocycles. The van der Waals surface area contributed by atoms with E-state index in [0.717, 1.165) is 40.3 Å². The van der Waals surface area contributed by atoms with E-state index in [9.17, 15) is 26.4 Å². The van der Waals surface area contributed by atoms with Crippen LogP contribution in [0.5, 0.6) is 0 Å². The monoisotopic (exact) mass is 616 g/mol. The van der Waals surface area contributed by atoms with Gasteiger partial charge in [0.25, 0.3) is 15.9 Å². The van der Waals surface area contributed by atoms with Crippen LogP contribution in [0.4, 0.5) is 18.9 Å². The number of alkyl halides is 3. The van der Waals surface area contributed by atoms with Crippen molar-refractivity contribution in [3.8, 4) is 5.69 Å². The van der Waals surface area contributed by atoms with Crippen molar-refractivity contribution in [3.63, 3.8) is 0 Å². The summed E-state index contributed by atoms with van der Waals surface area (Å²) in [7, 11) is -4.44. The molecule has 0 atom stereocenters. The zero-order valence-electron chi connectivity index (χ0n) is 23.2. The predicted octanol–water partition coefficient (Wildman–Crippen LogP) is 6.73. The molecule has 42 heavy (non-hydrogen) atoms. The lowest BCUT2D eigenvalue weighted by molar-refractivity contribution is -0.137. The summed E-state index contributed by atoms with van der Waals surface area (Å²) in [5.41, 5.74) is 6.43. The summed E-state index contributed by atoms with van der Waals surface area (Å²) in [6.07, 6.45) is -3.41. The number of rotatable bonds is 8. The highest BCUT2D eigenvalue weighted by molar-refractivity contribution is 7.92. The molecule has 0 saturated carbocycles. The Labute approximate surface area is 247 Å². The summed E-state index contributed by atoms with van der Waals surface area (Å²) >= 11 is 5.74. The first-order valence-corrected chi connectivity index (χ1v) is 14.5. The minimum absolute atomic E-state index is 0.205. The van der Waals surface area contributed by atoms with Gasteiger partial charge in [0.2, 0.25) is 0 Å². The topological polar surface area (TPSA) is 83.8 Å². The number of aryl methyl sites for hydroxylation is 3. The van der Waals surface area contributed by atoms with Crippen LogP contribution in [0.15, 0.2) is 82.8 Å². The Morgan fingerprint density at radius 1 is 1.00 bits per heavy atom. The molecule has 3 aromatic carbocycles. The molecule has 0 radical (unpaired) electrons. The third-order valence-electron chi connectivity index (χ3n) is 6.62. The Kier molecular flexibility index (Phi) is 8.84. The third-order valence-corrected chi connectivity index (χ3v) is 8.74. The lowest BCUT2D eigenvalue weighted by Crippen LogP contribution is -2.39. The molecule has 0 bridgehead atoms. The highest BCUT2D eigenvalue weighted by Crippen LogP contribution is 2.38. The first kappa shape index (κ1) is 30.9. The van der Waals surface area contributed by atoms with Crippen LogP contribution in [0, 0.1) is 27.7 Å². The number of hydrogen-bond donors (Lipinski definition) is 1. The Hall–Kier alpha value is -4.09. The van der Waals surface area contributed by atoms with Crippen molar-refractivity contribution >= 4 is 39.4 Å². The molecular formula is C30H28ClF3N4O3S. The van der Waals surface area contributed by atoms with Crippen LogP contribution >= 0.6 is 11.6 Å². The Morgan fingerprint density at radius 2 is 1.69 bits per heavy atom. The lowest BCUT2D eigenvalue weighted by Gasteiger charge is -2.24. The highest BCUT2D eigenvalue weighted by Gasteiger charge is 2.35. The molecule has 1 N–H and O–H groups in total. The zero-order valence-corrected chi connectivity index (χ0v) is 24.8. The molecular weight excluding hydrogens is 589 g/mol. The van der Waals surface area contributed by atoms with Crippen molar-refractivity contribution in [2.75, 3.05) is 10.8 Å². The minimum Gasteiger partial charge on any atom is -0.318 e. The number of sulfonamides is 1. The van der Waals surface area contributed by atoms with E-state index < -0.39 is 39.2 Å². The van der Waals surface area contributed by atoms with Crippen molar-refractivity contribution in [2.24, 2.45) is 5.10 Å². The summed E-state index contributed by atoms with van der Waals surface area (Å²) in [4.78, 5) is 12.7. The van der Waals surface area contributed by atoms with Gasteiger partial charge in [-0.3, -0.25) is 9.10 Å². The maximum absolute atomic E-state index is 13.6. The number of carbonyl (C=O) groups excluding carboxylic acids is 1. The van der Waals surface area contributed by atoms with Gasteiger partial charge < -0.3 is 4.57 Å². The second-order valence-corrected chi connectivity index (χ2v) is 12.0. The van der Waals surface area contributed by atoms with Crippen molar-refractivity contribution < 1.29 is 26.4 Å². The van der Waals surface area contributed by atoms with Gasteiger partial charge in [-0.1, -0.05) is 47.5 Å². The first-order chi connectivity index (χ1) is 19.7. The average Bonchev–Trinajstić information content (AvgIpc) is 3.20. The second-order valence-electron chi connectivity index (χ2n) is 9.73. The molecule has 0 unspecified atom stereocenters. The number of hydrogen-bond acceptors (Lipinski definition) is 4. The van der Waals surface area contributed by atoms with Gasteiger partial charge in [-0.05, 0) is 75.7 Å². The van der Waals surface area contributed by atoms with E-state index in [2.05, 4.69) is 21.2 Å². The Morgan fingerprint density at radius 3 is 2.33 bits per heavy atom. The molecule has 0 fully saturated rings. The number of halogens is 4. The lowest BCUT2D eigenvalue weighted by atomic mass is 10.1. The van der Waals surface area contributed by atoms with Crippen molar-refractivity contribution in [2.45, 2.75) is 38.8 Å². The van der Waals surface area contributed by atoms with E-state index in [-0.39, 0.29) is 10.6 Å². The largest absolute Gasteiger partial charge is 0.417 e. The summed E-state index contributed by atoms with van der Waals surface area (Å²) in [6, 6.07) is 17.7. The van der Waals surface area contributed by atoms with E-state index in [0.29, 0.717) is 15.9 Å². The number of carbonyl (C=O) groups is 1. The number of nitrogens with zero attached hydrogens (tertiary/aromatic N) is 3. The average molecular weight is 617 g/mol. The Balaban J connectivity index is 1.62. The van der Waals surface area contributed by atoms with Gasteiger partial charge in [0.15, 0.2) is 0 Å². The number of benzene rings is 3. The molecule has 220 valence electrons. The molecule has 1 heterocycles. The maximum Gasteiger partial charge on any atom is 0.417 e. The quantitative estimate of drug-likeness (QED) is 0.176. The number of amides is 1. The minimum atomic E-state index is -4.84. The predicted molar refractivity (Wildman–Crippen MR) is 158 cm³/mol. The van der Waals surface area contributed by atoms with E-state index in [4.69, 9.17) is 11.6 Å². The molecule has 0 aliphatic rings. The third kappa shape index (κ3) is 6.52. The first-order valence-electron chi connectivity index (χ1n) is 12.7. The highest BCUT2D eigenvalue weighted by atomic mass is 35.5. The van der Waals surface area contributed by atoms with Crippen LogP contribution in [-0.2, 0) is 21.0 Å². The van der Waals surface area contributed by atoms with Crippen LogP contribution in [-0.4, -0.2) is 31.7 Å². The molecule has 0 spiro atoms. The number of anilines is 1. The summed E-state index contributed by atoms with van der Waals surface area (Å²) < 4.78 is 70.3. The van der Waals surface area contributed by atoms with Gasteiger partial charge in [0.05, 0.1) is 27.4 Å². The zero-order chi connectivity index (χ0) is 30.8. The second kappa shape index (κ2) is 12.0. The van der Waals surface area contributed by atoms with Crippen LogP contribution in [0.25, 0.3) is 5.69 Å². The van der Waals surface area contributed by atoms with Crippen LogP contribution in [0.1, 0.15) is 33.6 Å². The standard InChI is InChI=1S/C30H28ClF3N4O3S/c1-19-10-13-28(20(2)14-19)38-21(3)15-23(22(38)4)17-35-36-29(39)18-37(42(40,41)25-8-6-5-7-9-25)24-11-12-27(31)26(16-24)30(32,33)34/h5-17H,18H2,1-4H3,(H,36,39)/b35-17-. The van der Waals surface area contributed by atoms with Gasteiger partial charge in [0, 0.05) is 22.6 Å². The van der Waals surface area contributed by atoms with Gasteiger partial charge in [-0.25, -0.2) is 13.8 Å². The van der Waals surface area contributed by atoms with E-state index in [1.54, 1.807) is 6.07 Å². The molecule has 0 aliphatic carbocycles. The van der Waals surface area contributed by atoms with Gasteiger partial charge in [-0.2, -0.15) is 18.3 Å². The molecule has 0 aliphatic heterocycles. The fourth-order valence-electron chi connectivity index (χ4n) is 4.61. The molecule has 7 nitrogen and oxygen atoms in total. The molecule has 1 amide bonds.